The molecule has 0 aromatic rings. The van der Waals surface area contributed by atoms with Gasteiger partial charge in [0.2, 0.25) is 0 Å². The summed E-state index contributed by atoms with van der Waals surface area (Å²) in [5.41, 5.74) is 14.5. The van der Waals surface area contributed by atoms with Gasteiger partial charge in [-0.25, -0.2) is 20.4 Å². The highest BCUT2D eigenvalue weighted by Crippen LogP contribution is 1.84. The maximum Gasteiger partial charge on any atom is 0.435 e. The molecule has 0 saturated carbocycles. The van der Waals surface area contributed by atoms with Crippen molar-refractivity contribution in [1.82, 2.24) is 20.9 Å². The molecule has 6 N–H and O–H groups in total. The van der Waals surface area contributed by atoms with E-state index in [1.807, 2.05) is 0 Å². The molecule has 0 unspecified atom stereocenters. The summed E-state index contributed by atoms with van der Waals surface area (Å²) in [7, 11) is 2.76. The van der Waals surface area contributed by atoms with E-state index < -0.39 is 12.2 Å². The smallest absolute Gasteiger partial charge is 0.375 e. The summed E-state index contributed by atoms with van der Waals surface area (Å²) in [5, 5.41) is 1.81. The summed E-state index contributed by atoms with van der Waals surface area (Å²) in [6.45, 7) is 0. The van der Waals surface area contributed by atoms with Crippen LogP contribution in [0.1, 0.15) is 0 Å². The zero-order valence-corrected chi connectivity index (χ0v) is 10.7. The van der Waals surface area contributed by atoms with Gasteiger partial charge in [-0.3, -0.25) is 10.0 Å². The number of carbonyl (C=O) groups is 2. The molecule has 0 saturated heterocycles. The molecule has 0 spiro atoms. The Labute approximate surface area is 108 Å². The zero-order valence-electron chi connectivity index (χ0n) is 9.09. The van der Waals surface area contributed by atoms with Gasteiger partial charge in [-0.15, -0.1) is 0 Å². The van der Waals surface area contributed by atoms with Crippen LogP contribution in [-0.4, -0.2) is 46.5 Å². The van der Waals surface area contributed by atoms with E-state index in [0.717, 1.165) is 10.0 Å². The van der Waals surface area contributed by atoms with Crippen molar-refractivity contribution in [3.8, 4) is 0 Å². The van der Waals surface area contributed by atoms with Crippen molar-refractivity contribution in [2.75, 3.05) is 14.1 Å². The van der Waals surface area contributed by atoms with Crippen molar-refractivity contribution < 1.29 is 14.3 Å². The van der Waals surface area contributed by atoms with Crippen LogP contribution in [0.3, 0.4) is 0 Å². The lowest BCUT2D eigenvalue weighted by Crippen LogP contribution is -2.50. The number of ether oxygens (including phenoxy) is 1. The maximum atomic E-state index is 11.1. The Bertz CT molecular complexity index is 317. The van der Waals surface area contributed by atoms with Gasteiger partial charge in [-0.1, -0.05) is 0 Å². The van der Waals surface area contributed by atoms with Gasteiger partial charge < -0.3 is 16.2 Å². The molecule has 0 heterocycles. The monoisotopic (exact) mass is 280 g/mol. The molecular formula is C6H12N6O3S2. The van der Waals surface area contributed by atoms with Gasteiger partial charge in [0.05, 0.1) is 0 Å². The highest BCUT2D eigenvalue weighted by molar-refractivity contribution is 7.80. The fourth-order valence-electron chi connectivity index (χ4n) is 0.514. The van der Waals surface area contributed by atoms with Crippen molar-refractivity contribution in [2.45, 2.75) is 0 Å². The largest absolute Gasteiger partial charge is 0.435 e. The Balaban J connectivity index is 4.09. The van der Waals surface area contributed by atoms with Crippen LogP contribution >= 0.6 is 24.4 Å². The molecule has 0 aliphatic carbocycles. The number of hydrazine groups is 2. The molecule has 96 valence electrons. The zero-order chi connectivity index (χ0) is 13.6. The average molecular weight is 280 g/mol. The molecule has 0 aromatic heterocycles. The first-order chi connectivity index (χ1) is 7.73. The van der Waals surface area contributed by atoms with Crippen LogP contribution in [0.15, 0.2) is 0 Å². The molecule has 0 atom stereocenters. The van der Waals surface area contributed by atoms with E-state index in [2.05, 4.69) is 40.0 Å². The third-order valence-electron chi connectivity index (χ3n) is 1.36. The van der Waals surface area contributed by atoms with E-state index >= 15 is 0 Å². The summed E-state index contributed by atoms with van der Waals surface area (Å²) in [6, 6.07) is 0. The number of thiocarbonyl (C=S) groups is 2. The van der Waals surface area contributed by atoms with Crippen LogP contribution in [0.4, 0.5) is 9.59 Å². The Hall–Kier alpha value is -1.88. The van der Waals surface area contributed by atoms with Crippen molar-refractivity contribution in [2.24, 2.45) is 11.5 Å². The predicted octanol–water partition coefficient (Wildman–Crippen LogP) is -1.40. The molecule has 0 fully saturated rings. The lowest BCUT2D eigenvalue weighted by molar-refractivity contribution is 0.129. The summed E-state index contributed by atoms with van der Waals surface area (Å²) < 4.78 is 4.28. The average Bonchev–Trinajstić information content (AvgIpc) is 2.16. The Morgan fingerprint density at radius 1 is 1.00 bits per heavy atom. The SMILES string of the molecule is CN(NC(=O)OC(=O)NN(C)C(N)=S)C(N)=S. The molecule has 0 radical (unpaired) electrons. The van der Waals surface area contributed by atoms with Gasteiger partial charge in [0.25, 0.3) is 0 Å². The van der Waals surface area contributed by atoms with Gasteiger partial charge in [0.15, 0.2) is 10.2 Å². The maximum absolute atomic E-state index is 11.1. The lowest BCUT2D eigenvalue weighted by Gasteiger charge is -2.19. The highest BCUT2D eigenvalue weighted by atomic mass is 32.1. The van der Waals surface area contributed by atoms with Crippen molar-refractivity contribution in [1.29, 1.82) is 0 Å². The predicted molar refractivity (Wildman–Crippen MR) is 67.2 cm³/mol. The van der Waals surface area contributed by atoms with Crippen LogP contribution in [0.5, 0.6) is 0 Å². The Morgan fingerprint density at radius 2 is 1.29 bits per heavy atom. The number of nitrogens with one attached hydrogen (secondary N) is 2. The minimum atomic E-state index is -1.06. The van der Waals surface area contributed by atoms with Crippen molar-refractivity contribution in [3.05, 3.63) is 0 Å². The third-order valence-corrected chi connectivity index (χ3v) is 1.91. The molecule has 11 heteroatoms. The van der Waals surface area contributed by atoms with Crippen LogP contribution < -0.4 is 22.3 Å². The van der Waals surface area contributed by atoms with Crippen LogP contribution in [0, 0.1) is 0 Å². The number of nitrogens with two attached hydrogens (primary N) is 2. The lowest BCUT2D eigenvalue weighted by atomic mass is 10.9. The van der Waals surface area contributed by atoms with Crippen LogP contribution in [0.25, 0.3) is 0 Å². The highest BCUT2D eigenvalue weighted by Gasteiger charge is 2.14. The second-order valence-electron chi connectivity index (χ2n) is 2.70. The molecule has 0 aromatic carbocycles. The summed E-state index contributed by atoms with van der Waals surface area (Å²) in [5.74, 6) is 0. The van der Waals surface area contributed by atoms with Gasteiger partial charge in [0, 0.05) is 14.1 Å². The van der Waals surface area contributed by atoms with Gasteiger partial charge in [-0.2, -0.15) is 0 Å². The number of carbonyl (C=O) groups excluding carboxylic acids is 2. The topological polar surface area (TPSA) is 126 Å². The first-order valence-electron chi connectivity index (χ1n) is 4.09. The van der Waals surface area contributed by atoms with E-state index in [1.165, 1.54) is 14.1 Å². The second kappa shape index (κ2) is 6.65. The van der Waals surface area contributed by atoms with Crippen LogP contribution in [-0.2, 0) is 4.74 Å². The number of rotatable bonds is 0. The minimum absolute atomic E-state index is 0.0948. The standard InChI is InChI=1S/C6H12N6O3S2/c1-11(3(7)16)9-5(13)15-6(14)10-12(2)4(8)17/h1-2H3,(H2,7,16)(H2,8,17)(H,9,13)(H,10,14). The fraction of sp³-hybridized carbons (Fsp3) is 0.333. The van der Waals surface area contributed by atoms with E-state index in [-0.39, 0.29) is 10.2 Å². The van der Waals surface area contributed by atoms with Gasteiger partial charge in [0.1, 0.15) is 0 Å². The summed E-state index contributed by atoms with van der Waals surface area (Å²) in [4.78, 5) is 22.2. The van der Waals surface area contributed by atoms with Crippen molar-refractivity contribution in [3.63, 3.8) is 0 Å². The van der Waals surface area contributed by atoms with Gasteiger partial charge >= 0.3 is 12.2 Å². The summed E-state index contributed by atoms with van der Waals surface area (Å²) >= 11 is 9.09. The molecule has 0 bridgehead atoms. The first kappa shape index (κ1) is 15.1. The molecule has 0 aliphatic heterocycles. The Morgan fingerprint density at radius 3 is 1.53 bits per heavy atom. The van der Waals surface area contributed by atoms with Crippen LogP contribution in [0.2, 0.25) is 0 Å². The first-order valence-corrected chi connectivity index (χ1v) is 4.91. The number of hydrogen-bond acceptors (Lipinski definition) is 5. The number of hydrogen-bond donors (Lipinski definition) is 4. The van der Waals surface area contributed by atoms with Gasteiger partial charge in [-0.05, 0) is 24.4 Å². The molecule has 0 aliphatic rings. The van der Waals surface area contributed by atoms with E-state index in [1.54, 1.807) is 0 Å². The Kier molecular flexibility index (Phi) is 5.91. The number of amides is 2. The third kappa shape index (κ3) is 6.32. The van der Waals surface area contributed by atoms with E-state index in [0.29, 0.717) is 0 Å². The number of nitrogens with zero attached hydrogens (tertiary/aromatic N) is 2. The van der Waals surface area contributed by atoms with E-state index in [4.69, 9.17) is 11.5 Å². The second-order valence-corrected chi connectivity index (χ2v) is 3.53. The minimum Gasteiger partial charge on any atom is -0.375 e. The normalized spacial score (nSPS) is 8.82. The molecule has 17 heavy (non-hydrogen) atoms. The molecular weight excluding hydrogens is 268 g/mol. The molecule has 2 amide bonds. The fourth-order valence-corrected chi connectivity index (χ4v) is 0.605. The molecule has 9 nitrogen and oxygen atoms in total. The quantitative estimate of drug-likeness (QED) is 0.241. The summed E-state index contributed by atoms with van der Waals surface area (Å²) in [6.07, 6.45) is -2.12. The van der Waals surface area contributed by atoms with Crippen molar-refractivity contribution >= 4 is 46.8 Å². The molecule has 0 rings (SSSR count). The van der Waals surface area contributed by atoms with E-state index in [9.17, 15) is 9.59 Å².